The zero-order valence-corrected chi connectivity index (χ0v) is 19.6. The number of rotatable bonds is 4. The van der Waals surface area contributed by atoms with E-state index in [2.05, 4.69) is 9.88 Å². The number of likely N-dealkylation sites (tertiary alicyclic amines) is 1. The fourth-order valence-corrected chi connectivity index (χ4v) is 5.01. The van der Waals surface area contributed by atoms with Crippen LogP contribution < -0.4 is 0 Å². The van der Waals surface area contributed by atoms with E-state index in [0.717, 1.165) is 25.2 Å². The molecule has 3 heterocycles. The molecule has 182 valence electrons. The summed E-state index contributed by atoms with van der Waals surface area (Å²) in [7, 11) is 0. The predicted octanol–water partition coefficient (Wildman–Crippen LogP) is 4.11. The van der Waals surface area contributed by atoms with Crippen LogP contribution in [-0.2, 0) is 6.18 Å². The lowest BCUT2D eigenvalue weighted by molar-refractivity contribution is -0.137. The van der Waals surface area contributed by atoms with Crippen molar-refractivity contribution in [1.82, 2.24) is 19.7 Å². The number of benzene rings is 2. The van der Waals surface area contributed by atoms with E-state index in [0.29, 0.717) is 48.6 Å². The van der Waals surface area contributed by atoms with Crippen molar-refractivity contribution in [3.63, 3.8) is 0 Å². The molecule has 0 spiro atoms. The summed E-state index contributed by atoms with van der Waals surface area (Å²) in [6.07, 6.45) is -4.40. The van der Waals surface area contributed by atoms with Crippen LogP contribution in [0.1, 0.15) is 26.4 Å². The maximum atomic E-state index is 13.0. The highest BCUT2D eigenvalue weighted by Crippen LogP contribution is 2.32. The van der Waals surface area contributed by atoms with Crippen molar-refractivity contribution in [3.05, 3.63) is 76.2 Å². The third-order valence-corrected chi connectivity index (χ3v) is 7.16. The summed E-state index contributed by atoms with van der Waals surface area (Å²) in [4.78, 5) is 35.3. The number of aromatic nitrogens is 1. The molecule has 35 heavy (non-hydrogen) atoms. The summed E-state index contributed by atoms with van der Waals surface area (Å²) < 4.78 is 39.0. The monoisotopic (exact) mass is 500 g/mol. The smallest absolute Gasteiger partial charge is 0.335 e. The summed E-state index contributed by atoms with van der Waals surface area (Å²) in [5.74, 6) is -0.126. The van der Waals surface area contributed by atoms with Crippen LogP contribution in [0, 0.1) is 0 Å². The van der Waals surface area contributed by atoms with Crippen LogP contribution in [0.25, 0.3) is 11.1 Å². The van der Waals surface area contributed by atoms with E-state index in [1.807, 2.05) is 4.90 Å². The lowest BCUT2D eigenvalue weighted by Gasteiger charge is -2.48. The first kappa shape index (κ1) is 23.5. The van der Waals surface area contributed by atoms with E-state index < -0.39 is 11.7 Å². The van der Waals surface area contributed by atoms with Gasteiger partial charge in [-0.1, -0.05) is 24.3 Å². The van der Waals surface area contributed by atoms with E-state index in [-0.39, 0.29) is 17.9 Å². The van der Waals surface area contributed by atoms with Gasteiger partial charge in [0.1, 0.15) is 5.69 Å². The number of piperazine rings is 1. The van der Waals surface area contributed by atoms with E-state index >= 15 is 0 Å². The van der Waals surface area contributed by atoms with Gasteiger partial charge in [-0.15, -0.1) is 11.3 Å². The highest BCUT2D eigenvalue weighted by atomic mass is 32.1. The summed E-state index contributed by atoms with van der Waals surface area (Å²) >= 11 is 1.40. The average Bonchev–Trinajstić information content (AvgIpc) is 3.38. The molecule has 2 aliphatic heterocycles. The second-order valence-electron chi connectivity index (χ2n) is 8.72. The van der Waals surface area contributed by atoms with Crippen LogP contribution in [0.15, 0.2) is 59.4 Å². The minimum atomic E-state index is -4.40. The van der Waals surface area contributed by atoms with E-state index in [1.165, 1.54) is 17.4 Å². The molecule has 0 atom stereocenters. The number of amides is 2. The van der Waals surface area contributed by atoms with Gasteiger partial charge >= 0.3 is 6.18 Å². The first-order valence-electron chi connectivity index (χ1n) is 11.3. The van der Waals surface area contributed by atoms with Gasteiger partial charge in [-0.25, -0.2) is 4.98 Å². The van der Waals surface area contributed by atoms with Gasteiger partial charge in [0.25, 0.3) is 11.8 Å². The Hall–Kier alpha value is -3.24. The normalized spacial score (nSPS) is 17.3. The van der Waals surface area contributed by atoms with Gasteiger partial charge in [-0.3, -0.25) is 14.5 Å². The molecule has 10 heteroatoms. The van der Waals surface area contributed by atoms with Gasteiger partial charge in [0.2, 0.25) is 0 Å². The van der Waals surface area contributed by atoms with Gasteiger partial charge < -0.3 is 9.80 Å². The highest BCUT2D eigenvalue weighted by Gasteiger charge is 2.37. The van der Waals surface area contributed by atoms with Gasteiger partial charge in [0, 0.05) is 56.3 Å². The van der Waals surface area contributed by atoms with Crippen molar-refractivity contribution in [2.24, 2.45) is 0 Å². The maximum Gasteiger partial charge on any atom is 0.416 e. The van der Waals surface area contributed by atoms with Gasteiger partial charge in [0.05, 0.1) is 11.1 Å². The molecule has 2 fully saturated rings. The van der Waals surface area contributed by atoms with Crippen molar-refractivity contribution in [2.75, 3.05) is 39.3 Å². The van der Waals surface area contributed by atoms with E-state index in [4.69, 9.17) is 0 Å². The van der Waals surface area contributed by atoms with E-state index in [9.17, 15) is 22.8 Å². The van der Waals surface area contributed by atoms with Crippen molar-refractivity contribution in [2.45, 2.75) is 12.2 Å². The molecular formula is C25H23F3N4O2S. The summed E-state index contributed by atoms with van der Waals surface area (Å²) in [6.45, 7) is 4.03. The largest absolute Gasteiger partial charge is 0.416 e. The molecule has 5 rings (SSSR count). The van der Waals surface area contributed by atoms with Crippen molar-refractivity contribution in [3.8, 4) is 11.1 Å². The van der Waals surface area contributed by atoms with Gasteiger partial charge in [-0.05, 0) is 35.4 Å². The zero-order valence-electron chi connectivity index (χ0n) is 18.7. The number of alkyl halides is 3. The number of carbonyl (C=O) groups excluding carboxylic acids is 2. The van der Waals surface area contributed by atoms with Crippen LogP contribution in [0.3, 0.4) is 0 Å². The SMILES string of the molecule is O=C(c1ccc(-c2cccc(C(F)(F)F)c2)cc1)N1CC(N2CCN(C(=O)c3cscn3)CC2)C1. The van der Waals surface area contributed by atoms with Crippen LogP contribution >= 0.6 is 11.3 Å². The molecular weight excluding hydrogens is 477 g/mol. The molecule has 2 aromatic carbocycles. The maximum absolute atomic E-state index is 13.0. The summed E-state index contributed by atoms with van der Waals surface area (Å²) in [6, 6.07) is 12.1. The van der Waals surface area contributed by atoms with Gasteiger partial charge in [-0.2, -0.15) is 13.2 Å². The number of hydrogen-bond acceptors (Lipinski definition) is 5. The van der Waals surface area contributed by atoms with Crippen LogP contribution in [0.5, 0.6) is 0 Å². The van der Waals surface area contributed by atoms with Crippen molar-refractivity contribution >= 4 is 23.2 Å². The minimum absolute atomic E-state index is 0.0371. The zero-order chi connectivity index (χ0) is 24.6. The molecule has 1 aromatic heterocycles. The molecule has 2 amide bonds. The Kier molecular flexibility index (Phi) is 6.33. The third-order valence-electron chi connectivity index (χ3n) is 6.57. The molecule has 2 saturated heterocycles. The molecule has 3 aromatic rings. The summed E-state index contributed by atoms with van der Waals surface area (Å²) in [5.41, 5.74) is 3.04. The molecule has 0 aliphatic carbocycles. The lowest BCUT2D eigenvalue weighted by atomic mass is 10.00. The number of thiazole rings is 1. The topological polar surface area (TPSA) is 56.8 Å². The molecule has 0 unspecified atom stereocenters. The Balaban J connectivity index is 1.14. The number of hydrogen-bond donors (Lipinski definition) is 0. The standard InChI is InChI=1S/C25H23F3N4O2S/c26-25(27,28)20-3-1-2-19(12-20)17-4-6-18(7-5-17)23(33)32-13-21(14-32)30-8-10-31(11-9-30)24(34)22-15-35-16-29-22/h1-7,12,15-16,21H,8-11,13-14H2. The van der Waals surface area contributed by atoms with Crippen LogP contribution in [0.4, 0.5) is 13.2 Å². The van der Waals surface area contributed by atoms with Crippen LogP contribution in [-0.4, -0.2) is 76.8 Å². The number of carbonyl (C=O) groups is 2. The summed E-state index contributed by atoms with van der Waals surface area (Å²) in [5, 5.41) is 1.76. The Morgan fingerprint density at radius 1 is 0.886 bits per heavy atom. The molecule has 0 radical (unpaired) electrons. The predicted molar refractivity (Wildman–Crippen MR) is 126 cm³/mol. The number of halogens is 3. The van der Waals surface area contributed by atoms with Crippen molar-refractivity contribution < 1.29 is 22.8 Å². The molecule has 2 aliphatic rings. The Morgan fingerprint density at radius 2 is 1.60 bits per heavy atom. The van der Waals surface area contributed by atoms with E-state index in [1.54, 1.807) is 46.1 Å². The Bertz CT molecular complexity index is 1200. The molecule has 0 saturated carbocycles. The molecule has 0 N–H and O–H groups in total. The minimum Gasteiger partial charge on any atom is -0.335 e. The highest BCUT2D eigenvalue weighted by molar-refractivity contribution is 7.07. The molecule has 0 bridgehead atoms. The Labute approximate surface area is 204 Å². The second-order valence-corrected chi connectivity index (χ2v) is 9.44. The fraction of sp³-hybridized carbons (Fsp3) is 0.320. The number of nitrogens with zero attached hydrogens (tertiary/aromatic N) is 4. The molecule has 6 nitrogen and oxygen atoms in total. The van der Waals surface area contributed by atoms with Gasteiger partial charge in [0.15, 0.2) is 0 Å². The first-order chi connectivity index (χ1) is 16.8. The third kappa shape index (κ3) is 4.94. The first-order valence-corrected chi connectivity index (χ1v) is 12.2. The van der Waals surface area contributed by atoms with Crippen molar-refractivity contribution in [1.29, 1.82) is 0 Å². The quantitative estimate of drug-likeness (QED) is 0.541. The Morgan fingerprint density at radius 3 is 2.23 bits per heavy atom. The second kappa shape index (κ2) is 9.43. The van der Waals surface area contributed by atoms with Crippen LogP contribution in [0.2, 0.25) is 0 Å². The lowest BCUT2D eigenvalue weighted by Crippen LogP contribution is -2.64. The average molecular weight is 501 g/mol. The fourth-order valence-electron chi connectivity index (χ4n) is 4.49.